The van der Waals surface area contributed by atoms with E-state index in [-0.39, 0.29) is 0 Å². The highest BCUT2D eigenvalue weighted by Crippen LogP contribution is 2.30. The highest BCUT2D eigenvalue weighted by atomic mass is 35.5. The monoisotopic (exact) mass is 431 g/mol. The van der Waals surface area contributed by atoms with Crippen LogP contribution in [0.4, 0.5) is 17.6 Å². The van der Waals surface area contributed by atoms with Gasteiger partial charge in [0.2, 0.25) is 5.95 Å². The number of fused-ring (bicyclic) bond motifs is 1. The van der Waals surface area contributed by atoms with Crippen LogP contribution in [0.1, 0.15) is 11.1 Å². The van der Waals surface area contributed by atoms with Gasteiger partial charge < -0.3 is 10.2 Å². The highest BCUT2D eigenvalue weighted by Gasteiger charge is 2.21. The molecule has 7 nitrogen and oxygen atoms in total. The van der Waals surface area contributed by atoms with E-state index in [1.807, 2.05) is 43.6 Å². The Morgan fingerprint density at radius 3 is 2.84 bits per heavy atom. The first-order chi connectivity index (χ1) is 15.2. The molecule has 8 heteroatoms. The Hall–Kier alpha value is -3.45. The van der Waals surface area contributed by atoms with Crippen LogP contribution < -0.4 is 10.2 Å². The van der Waals surface area contributed by atoms with Gasteiger partial charge in [-0.3, -0.25) is 4.68 Å². The van der Waals surface area contributed by atoms with Gasteiger partial charge in [-0.1, -0.05) is 29.8 Å². The van der Waals surface area contributed by atoms with E-state index in [0.29, 0.717) is 5.95 Å². The quantitative estimate of drug-likeness (QED) is 0.491. The van der Waals surface area contributed by atoms with Crippen LogP contribution in [0.2, 0.25) is 5.02 Å². The third-order valence-corrected chi connectivity index (χ3v) is 5.88. The van der Waals surface area contributed by atoms with E-state index in [1.54, 1.807) is 17.1 Å². The lowest BCUT2D eigenvalue weighted by Crippen LogP contribution is -2.24. The fraction of sp³-hybridized carbons (Fsp3) is 0.217. The van der Waals surface area contributed by atoms with Crippen LogP contribution in [0.25, 0.3) is 11.3 Å². The van der Waals surface area contributed by atoms with E-state index in [4.69, 9.17) is 16.6 Å². The minimum atomic E-state index is 0.531. The number of aromatic nitrogens is 5. The van der Waals surface area contributed by atoms with Crippen molar-refractivity contribution in [3.05, 3.63) is 77.2 Å². The number of pyridine rings is 1. The Kier molecular flexibility index (Phi) is 5.26. The molecule has 156 valence electrons. The number of halogens is 1. The summed E-state index contributed by atoms with van der Waals surface area (Å²) >= 11 is 6.31. The van der Waals surface area contributed by atoms with Crippen LogP contribution in [0.3, 0.4) is 0 Å². The van der Waals surface area contributed by atoms with Gasteiger partial charge in [0, 0.05) is 49.2 Å². The average molecular weight is 432 g/mol. The Labute approximate surface area is 185 Å². The smallest absolute Gasteiger partial charge is 0.228 e. The van der Waals surface area contributed by atoms with Gasteiger partial charge in [-0.2, -0.15) is 5.10 Å². The molecule has 31 heavy (non-hydrogen) atoms. The minimum Gasteiger partial charge on any atom is -0.356 e. The Bertz CT molecular complexity index is 1220. The molecule has 1 N–H and O–H groups in total. The molecular weight excluding hydrogens is 410 g/mol. The number of hydrogen-bond acceptors (Lipinski definition) is 6. The Balaban J connectivity index is 1.32. The van der Waals surface area contributed by atoms with Crippen molar-refractivity contribution in [3.8, 4) is 11.3 Å². The molecule has 0 saturated carbocycles. The number of rotatable bonds is 6. The van der Waals surface area contributed by atoms with Crippen molar-refractivity contribution in [2.45, 2.75) is 12.8 Å². The second-order valence-electron chi connectivity index (χ2n) is 7.52. The molecule has 5 rings (SSSR count). The number of nitrogens with one attached hydrogen (secondary N) is 1. The lowest BCUT2D eigenvalue weighted by Gasteiger charge is -2.18. The maximum absolute atomic E-state index is 6.31. The zero-order valence-corrected chi connectivity index (χ0v) is 17.9. The summed E-state index contributed by atoms with van der Waals surface area (Å²) in [6.45, 7) is 1.86. The van der Waals surface area contributed by atoms with Gasteiger partial charge in [0.05, 0.1) is 11.9 Å². The maximum atomic E-state index is 6.31. The van der Waals surface area contributed by atoms with Gasteiger partial charge in [-0.05, 0) is 42.2 Å². The largest absolute Gasteiger partial charge is 0.356 e. The van der Waals surface area contributed by atoms with Gasteiger partial charge in [-0.25, -0.2) is 15.0 Å². The first-order valence-electron chi connectivity index (χ1n) is 10.2. The standard InChI is InChI=1S/C23H22ClN7/c1-30-21(7-11-27-30)29-23-25-10-6-20(28-23)18-14-17-9-13-31(22(17)26-15-18)12-8-16-4-2-3-5-19(16)24/h2-7,10-11,14-15H,8-9,12-13H2,1H3,(H,25,28,29). The zero-order valence-electron chi connectivity index (χ0n) is 17.2. The van der Waals surface area contributed by atoms with Crippen molar-refractivity contribution in [2.75, 3.05) is 23.3 Å². The minimum absolute atomic E-state index is 0.531. The molecule has 0 aliphatic carbocycles. The summed E-state index contributed by atoms with van der Waals surface area (Å²) in [6.07, 6.45) is 7.25. The van der Waals surface area contributed by atoms with Gasteiger partial charge in [0.15, 0.2) is 0 Å². The van der Waals surface area contributed by atoms with Crippen LogP contribution >= 0.6 is 11.6 Å². The van der Waals surface area contributed by atoms with Crippen LogP contribution in [0.5, 0.6) is 0 Å². The topological polar surface area (TPSA) is 71.8 Å². The van der Waals surface area contributed by atoms with Gasteiger partial charge in [0.25, 0.3) is 0 Å². The van der Waals surface area contributed by atoms with Crippen molar-refractivity contribution < 1.29 is 0 Å². The summed E-state index contributed by atoms with van der Waals surface area (Å²) in [7, 11) is 1.87. The summed E-state index contributed by atoms with van der Waals surface area (Å²) in [5.74, 6) is 2.42. The Morgan fingerprint density at radius 1 is 1.10 bits per heavy atom. The Morgan fingerprint density at radius 2 is 2.00 bits per heavy atom. The maximum Gasteiger partial charge on any atom is 0.228 e. The number of anilines is 3. The van der Waals surface area contributed by atoms with E-state index in [1.165, 1.54) is 11.1 Å². The van der Waals surface area contributed by atoms with Crippen molar-refractivity contribution in [3.63, 3.8) is 0 Å². The molecule has 0 radical (unpaired) electrons. The van der Waals surface area contributed by atoms with Gasteiger partial charge in [-0.15, -0.1) is 0 Å². The SMILES string of the molecule is Cn1nccc1Nc1nccc(-c2cnc3c(c2)CCN3CCc2ccccc2Cl)n1. The molecule has 0 fully saturated rings. The first kappa shape index (κ1) is 19.5. The lowest BCUT2D eigenvalue weighted by molar-refractivity contribution is 0.775. The molecule has 0 unspecified atom stereocenters. The second-order valence-corrected chi connectivity index (χ2v) is 7.92. The van der Waals surface area contributed by atoms with Gasteiger partial charge >= 0.3 is 0 Å². The molecule has 1 aliphatic heterocycles. The highest BCUT2D eigenvalue weighted by molar-refractivity contribution is 6.31. The fourth-order valence-electron chi connectivity index (χ4n) is 3.84. The van der Waals surface area contributed by atoms with E-state index >= 15 is 0 Å². The summed E-state index contributed by atoms with van der Waals surface area (Å²) in [5.41, 5.74) is 4.24. The molecule has 1 aromatic carbocycles. The van der Waals surface area contributed by atoms with E-state index in [9.17, 15) is 0 Å². The van der Waals surface area contributed by atoms with Crippen molar-refractivity contribution in [1.29, 1.82) is 0 Å². The van der Waals surface area contributed by atoms with Crippen LogP contribution in [0, 0.1) is 0 Å². The summed E-state index contributed by atoms with van der Waals surface area (Å²) in [6, 6.07) is 14.0. The number of aryl methyl sites for hydroxylation is 1. The molecule has 0 bridgehead atoms. The van der Waals surface area contributed by atoms with Gasteiger partial charge in [0.1, 0.15) is 11.6 Å². The molecule has 4 aromatic rings. The van der Waals surface area contributed by atoms with Crippen LogP contribution in [-0.2, 0) is 19.9 Å². The molecule has 1 aliphatic rings. The zero-order chi connectivity index (χ0) is 21.2. The lowest BCUT2D eigenvalue weighted by atomic mass is 10.1. The van der Waals surface area contributed by atoms with E-state index in [0.717, 1.165) is 53.8 Å². The second kappa shape index (κ2) is 8.35. The fourth-order valence-corrected chi connectivity index (χ4v) is 4.07. The van der Waals surface area contributed by atoms with Crippen molar-refractivity contribution in [2.24, 2.45) is 7.05 Å². The third kappa shape index (κ3) is 4.09. The van der Waals surface area contributed by atoms with E-state index in [2.05, 4.69) is 37.4 Å². The molecule has 0 atom stereocenters. The number of benzene rings is 1. The molecular formula is C23H22ClN7. The number of nitrogens with zero attached hydrogens (tertiary/aromatic N) is 6. The predicted octanol–water partition coefficient (Wildman–Crippen LogP) is 4.27. The molecule has 4 heterocycles. The van der Waals surface area contributed by atoms with Crippen molar-refractivity contribution >= 4 is 29.2 Å². The summed E-state index contributed by atoms with van der Waals surface area (Å²) < 4.78 is 1.74. The van der Waals surface area contributed by atoms with Crippen LogP contribution in [-0.4, -0.2) is 37.8 Å². The van der Waals surface area contributed by atoms with Crippen LogP contribution in [0.15, 0.2) is 61.1 Å². The first-order valence-corrected chi connectivity index (χ1v) is 10.6. The average Bonchev–Trinajstić information content (AvgIpc) is 3.39. The summed E-state index contributed by atoms with van der Waals surface area (Å²) in [5, 5.41) is 8.18. The van der Waals surface area contributed by atoms with Crippen molar-refractivity contribution in [1.82, 2.24) is 24.7 Å². The predicted molar refractivity (Wildman–Crippen MR) is 123 cm³/mol. The normalized spacial score (nSPS) is 12.8. The molecule has 3 aromatic heterocycles. The third-order valence-electron chi connectivity index (χ3n) is 5.51. The molecule has 0 saturated heterocycles. The van der Waals surface area contributed by atoms with E-state index < -0.39 is 0 Å². The molecule has 0 amide bonds. The summed E-state index contributed by atoms with van der Waals surface area (Å²) in [4.78, 5) is 16.1. The number of hydrogen-bond donors (Lipinski definition) is 1. The molecule has 0 spiro atoms.